The van der Waals surface area contributed by atoms with E-state index in [1.807, 2.05) is 0 Å². The maximum absolute atomic E-state index is 12.7. The number of hydrogen-bond donors (Lipinski definition) is 2. The SMILES string of the molecule is C[C@@H](NC(=O)c1cnc2c(c1)c(=O)[nH]c(=O)n2C1CC1)[C@@H]1C[C@H]2CC[C@H]1C2. The summed E-state index contributed by atoms with van der Waals surface area (Å²) in [5.41, 5.74) is -0.187. The number of nitrogens with one attached hydrogen (secondary N) is 2. The van der Waals surface area contributed by atoms with Gasteiger partial charge in [-0.05, 0) is 62.8 Å². The van der Waals surface area contributed by atoms with Crippen LogP contribution in [0.4, 0.5) is 0 Å². The van der Waals surface area contributed by atoms with Gasteiger partial charge in [0.25, 0.3) is 11.5 Å². The fraction of sp³-hybridized carbons (Fsp3) is 0.600. The first-order valence-electron chi connectivity index (χ1n) is 9.96. The number of nitrogens with zero attached hydrogens (tertiary/aromatic N) is 2. The summed E-state index contributed by atoms with van der Waals surface area (Å²) in [7, 11) is 0. The normalized spacial score (nSPS) is 27.8. The zero-order chi connectivity index (χ0) is 18.7. The minimum atomic E-state index is -0.491. The molecule has 0 aliphatic heterocycles. The van der Waals surface area contributed by atoms with Gasteiger partial charge in [-0.25, -0.2) is 9.78 Å². The number of H-pyrrole nitrogens is 1. The van der Waals surface area contributed by atoms with Crippen LogP contribution in [0.5, 0.6) is 0 Å². The molecule has 5 rings (SSSR count). The van der Waals surface area contributed by atoms with Crippen LogP contribution >= 0.6 is 0 Å². The van der Waals surface area contributed by atoms with Crippen molar-refractivity contribution in [1.29, 1.82) is 0 Å². The van der Waals surface area contributed by atoms with Crippen LogP contribution in [0.1, 0.15) is 61.8 Å². The third-order valence-corrected chi connectivity index (χ3v) is 6.75. The topological polar surface area (TPSA) is 96.8 Å². The zero-order valence-corrected chi connectivity index (χ0v) is 15.4. The average molecular weight is 368 g/mol. The van der Waals surface area contributed by atoms with E-state index >= 15 is 0 Å². The quantitative estimate of drug-likeness (QED) is 0.862. The zero-order valence-electron chi connectivity index (χ0n) is 15.4. The minimum Gasteiger partial charge on any atom is -0.349 e. The molecule has 4 atom stereocenters. The van der Waals surface area contributed by atoms with Gasteiger partial charge in [0.15, 0.2) is 0 Å². The van der Waals surface area contributed by atoms with Gasteiger partial charge in [0.05, 0.1) is 10.9 Å². The highest BCUT2D eigenvalue weighted by Crippen LogP contribution is 2.49. The van der Waals surface area contributed by atoms with Gasteiger partial charge >= 0.3 is 5.69 Å². The van der Waals surface area contributed by atoms with Crippen LogP contribution in [0.25, 0.3) is 11.0 Å². The summed E-state index contributed by atoms with van der Waals surface area (Å²) in [5, 5.41) is 3.40. The smallest absolute Gasteiger partial charge is 0.330 e. The lowest BCUT2D eigenvalue weighted by atomic mass is 9.84. The molecule has 7 heteroatoms. The van der Waals surface area contributed by atoms with Crippen molar-refractivity contribution >= 4 is 16.9 Å². The van der Waals surface area contributed by atoms with Crippen LogP contribution in [0.15, 0.2) is 21.9 Å². The predicted octanol–water partition coefficient (Wildman–Crippen LogP) is 1.97. The van der Waals surface area contributed by atoms with Crippen molar-refractivity contribution in [1.82, 2.24) is 19.9 Å². The van der Waals surface area contributed by atoms with Crippen molar-refractivity contribution in [2.75, 3.05) is 0 Å². The molecular weight excluding hydrogens is 344 g/mol. The molecule has 0 aromatic carbocycles. The lowest BCUT2D eigenvalue weighted by molar-refractivity contribution is 0.0915. The number of hydrogen-bond acceptors (Lipinski definition) is 4. The average Bonchev–Trinajstić information content (AvgIpc) is 3.24. The van der Waals surface area contributed by atoms with Crippen LogP contribution in [0.2, 0.25) is 0 Å². The van der Waals surface area contributed by atoms with E-state index < -0.39 is 11.2 Å². The molecular formula is C20H24N4O3. The number of carbonyl (C=O) groups excluding carboxylic acids is 1. The molecule has 27 heavy (non-hydrogen) atoms. The first-order valence-corrected chi connectivity index (χ1v) is 9.96. The van der Waals surface area contributed by atoms with Crippen LogP contribution in [-0.4, -0.2) is 26.5 Å². The molecule has 0 unspecified atom stereocenters. The lowest BCUT2D eigenvalue weighted by Crippen LogP contribution is -2.40. The standard InChI is InChI=1S/C20H24N4O3/c1-10(15-7-11-2-3-12(15)6-11)22-18(25)13-8-16-17(21-9-13)24(14-4-5-14)20(27)23-19(16)26/h8-12,14-15H,2-7H2,1H3,(H,22,25)(H,23,26,27)/t10-,11+,12+,15+/m1/s1. The molecule has 3 aliphatic rings. The molecule has 2 N–H and O–H groups in total. The van der Waals surface area contributed by atoms with Gasteiger partial charge in [0, 0.05) is 18.3 Å². The Balaban J connectivity index is 1.42. The summed E-state index contributed by atoms with van der Waals surface area (Å²) >= 11 is 0. The van der Waals surface area contributed by atoms with Crippen molar-refractivity contribution in [2.45, 2.75) is 57.5 Å². The summed E-state index contributed by atoms with van der Waals surface area (Å²) in [6.07, 6.45) is 8.41. The molecule has 3 aliphatic carbocycles. The Morgan fingerprint density at radius 1 is 1.26 bits per heavy atom. The summed E-state index contributed by atoms with van der Waals surface area (Å²) in [6, 6.07) is 1.77. The molecule has 2 aromatic heterocycles. The molecule has 2 heterocycles. The van der Waals surface area contributed by atoms with Gasteiger partial charge in [-0.15, -0.1) is 0 Å². The van der Waals surface area contributed by atoms with Crippen molar-refractivity contribution in [3.63, 3.8) is 0 Å². The van der Waals surface area contributed by atoms with Gasteiger partial charge in [0.1, 0.15) is 5.65 Å². The molecule has 0 saturated heterocycles. The Hall–Kier alpha value is -2.44. The molecule has 0 radical (unpaired) electrons. The highest BCUT2D eigenvalue weighted by molar-refractivity contribution is 5.96. The maximum atomic E-state index is 12.7. The van der Waals surface area contributed by atoms with E-state index in [9.17, 15) is 14.4 Å². The second-order valence-corrected chi connectivity index (χ2v) is 8.56. The predicted molar refractivity (Wildman–Crippen MR) is 101 cm³/mol. The van der Waals surface area contributed by atoms with Gasteiger partial charge in [-0.3, -0.25) is 19.1 Å². The molecule has 2 bridgehead atoms. The third kappa shape index (κ3) is 2.80. The Morgan fingerprint density at radius 3 is 2.74 bits per heavy atom. The van der Waals surface area contributed by atoms with E-state index in [1.165, 1.54) is 36.4 Å². The summed E-state index contributed by atoms with van der Waals surface area (Å²) in [6.45, 7) is 2.08. The Morgan fingerprint density at radius 2 is 2.07 bits per heavy atom. The first-order chi connectivity index (χ1) is 13.0. The number of amides is 1. The van der Waals surface area contributed by atoms with E-state index in [4.69, 9.17) is 0 Å². The highest BCUT2D eigenvalue weighted by Gasteiger charge is 2.42. The lowest BCUT2D eigenvalue weighted by Gasteiger charge is -2.28. The molecule has 3 fully saturated rings. The number of fused-ring (bicyclic) bond motifs is 3. The highest BCUT2D eigenvalue weighted by atomic mass is 16.2. The molecule has 2 aromatic rings. The number of pyridine rings is 1. The van der Waals surface area contributed by atoms with Gasteiger partial charge in [0.2, 0.25) is 0 Å². The molecule has 3 saturated carbocycles. The van der Waals surface area contributed by atoms with Crippen LogP contribution in [-0.2, 0) is 0 Å². The van der Waals surface area contributed by atoms with Gasteiger partial charge in [-0.2, -0.15) is 0 Å². The number of aromatic nitrogens is 3. The van der Waals surface area contributed by atoms with E-state index in [0.717, 1.165) is 24.7 Å². The van der Waals surface area contributed by atoms with E-state index in [0.29, 0.717) is 22.5 Å². The van der Waals surface area contributed by atoms with Crippen molar-refractivity contribution in [3.8, 4) is 0 Å². The monoisotopic (exact) mass is 368 g/mol. The molecule has 7 nitrogen and oxygen atoms in total. The largest absolute Gasteiger partial charge is 0.349 e. The first kappa shape index (κ1) is 16.7. The Labute approximate surface area is 156 Å². The second kappa shape index (κ2) is 6.04. The van der Waals surface area contributed by atoms with Crippen LogP contribution in [0, 0.1) is 17.8 Å². The minimum absolute atomic E-state index is 0.0989. The number of aromatic amines is 1. The van der Waals surface area contributed by atoms with Gasteiger partial charge < -0.3 is 5.32 Å². The third-order valence-electron chi connectivity index (χ3n) is 6.75. The van der Waals surface area contributed by atoms with Crippen molar-refractivity contribution in [2.24, 2.45) is 17.8 Å². The second-order valence-electron chi connectivity index (χ2n) is 8.56. The van der Waals surface area contributed by atoms with E-state index in [1.54, 1.807) is 6.07 Å². The van der Waals surface area contributed by atoms with E-state index in [2.05, 4.69) is 22.2 Å². The summed E-state index contributed by atoms with van der Waals surface area (Å²) < 4.78 is 1.54. The molecule has 0 spiro atoms. The fourth-order valence-corrected chi connectivity index (χ4v) is 5.24. The fourth-order valence-electron chi connectivity index (χ4n) is 5.24. The van der Waals surface area contributed by atoms with Crippen LogP contribution in [0.3, 0.4) is 0 Å². The molecule has 1 amide bonds. The number of rotatable bonds is 4. The van der Waals surface area contributed by atoms with E-state index in [-0.39, 0.29) is 18.0 Å². The summed E-state index contributed by atoms with van der Waals surface area (Å²) in [4.78, 5) is 43.7. The maximum Gasteiger partial charge on any atom is 0.330 e. The van der Waals surface area contributed by atoms with Gasteiger partial charge in [-0.1, -0.05) is 6.42 Å². The Kier molecular flexibility index (Phi) is 3.74. The molecule has 142 valence electrons. The van der Waals surface area contributed by atoms with Crippen molar-refractivity contribution < 1.29 is 4.79 Å². The van der Waals surface area contributed by atoms with Crippen molar-refractivity contribution in [3.05, 3.63) is 38.7 Å². The Bertz CT molecular complexity index is 1040. The summed E-state index contributed by atoms with van der Waals surface area (Å²) in [5.74, 6) is 1.91. The van der Waals surface area contributed by atoms with Crippen LogP contribution < -0.4 is 16.6 Å². The number of carbonyl (C=O) groups is 1.